The van der Waals surface area contributed by atoms with Crippen LogP contribution in [-0.4, -0.2) is 57.6 Å². The molecule has 2 N–H and O–H groups in total. The van der Waals surface area contributed by atoms with E-state index in [1.807, 2.05) is 45.0 Å². The fourth-order valence-corrected chi connectivity index (χ4v) is 3.60. The van der Waals surface area contributed by atoms with Crippen molar-refractivity contribution in [3.63, 3.8) is 0 Å². The molecule has 0 aliphatic carbocycles. The molecule has 2 fully saturated rings. The van der Waals surface area contributed by atoms with Crippen molar-refractivity contribution < 1.29 is 19.1 Å². The Morgan fingerprint density at radius 2 is 1.79 bits per heavy atom. The number of piperidine rings is 2. The molecule has 0 aromatic heterocycles. The summed E-state index contributed by atoms with van der Waals surface area (Å²) in [6.45, 7) is 5.83. The van der Waals surface area contributed by atoms with E-state index >= 15 is 0 Å². The Bertz CT molecular complexity index is 717. The van der Waals surface area contributed by atoms with Crippen LogP contribution in [0.4, 0.5) is 11.4 Å². The molecule has 1 aromatic rings. The highest BCUT2D eigenvalue weighted by molar-refractivity contribution is 6.05. The molecule has 160 valence electrons. The maximum atomic E-state index is 12.3. The van der Waals surface area contributed by atoms with Gasteiger partial charge in [0.15, 0.2) is 0 Å². The topological polar surface area (TPSA) is 91.0 Å². The van der Waals surface area contributed by atoms with Gasteiger partial charge < -0.3 is 19.9 Å². The van der Waals surface area contributed by atoms with E-state index in [1.165, 1.54) is 4.90 Å². The summed E-state index contributed by atoms with van der Waals surface area (Å²) in [6, 6.07) is 4.78. The van der Waals surface area contributed by atoms with E-state index in [-0.39, 0.29) is 18.4 Å². The fourth-order valence-electron chi connectivity index (χ4n) is 3.60. The van der Waals surface area contributed by atoms with Gasteiger partial charge >= 0.3 is 0 Å². The molecule has 2 aliphatic rings. The van der Waals surface area contributed by atoms with Gasteiger partial charge in [0.2, 0.25) is 18.2 Å². The summed E-state index contributed by atoms with van der Waals surface area (Å²) in [5, 5.41) is 5.62. The largest absolute Gasteiger partial charge is 0.488 e. The highest BCUT2D eigenvalue weighted by atomic mass is 16.5. The van der Waals surface area contributed by atoms with E-state index in [1.54, 1.807) is 6.07 Å². The summed E-state index contributed by atoms with van der Waals surface area (Å²) >= 11 is 0. The molecule has 2 saturated heterocycles. The molecule has 2 aliphatic heterocycles. The van der Waals surface area contributed by atoms with E-state index in [2.05, 4.69) is 10.6 Å². The van der Waals surface area contributed by atoms with Gasteiger partial charge in [0.25, 0.3) is 0 Å². The lowest BCUT2D eigenvalue weighted by atomic mass is 10.0. The highest BCUT2D eigenvalue weighted by Gasteiger charge is 2.34. The number of para-hydroxylation sites is 1. The molecule has 0 radical (unpaired) electrons. The third-order valence-electron chi connectivity index (χ3n) is 4.94. The molecule has 1 unspecified atom stereocenters. The van der Waals surface area contributed by atoms with E-state index < -0.39 is 11.9 Å². The number of hydrogen-bond donors (Lipinski definition) is 2. The summed E-state index contributed by atoms with van der Waals surface area (Å²) in [5.41, 5.74) is 1.34. The molecule has 0 saturated carbocycles. The second-order valence-electron chi connectivity index (χ2n) is 7.07. The Morgan fingerprint density at radius 1 is 1.10 bits per heavy atom. The first-order valence-electron chi connectivity index (χ1n) is 10.3. The van der Waals surface area contributed by atoms with Crippen LogP contribution < -0.4 is 25.2 Å². The number of carbonyl (C=O) groups excluding carboxylic acids is 3. The number of nitrogens with zero attached hydrogens (tertiary/aromatic N) is 2. The first-order valence-corrected chi connectivity index (χ1v) is 10.3. The fraction of sp³-hybridized carbons (Fsp3) is 0.571. The number of amides is 3. The van der Waals surface area contributed by atoms with E-state index in [0.717, 1.165) is 31.6 Å². The van der Waals surface area contributed by atoms with Crippen molar-refractivity contribution >= 4 is 29.6 Å². The predicted octanol–water partition coefficient (Wildman–Crippen LogP) is 1.68. The lowest BCUT2D eigenvalue weighted by molar-refractivity contribution is -0.134. The van der Waals surface area contributed by atoms with Gasteiger partial charge in [0.1, 0.15) is 23.6 Å². The first kappa shape index (κ1) is 22.7. The van der Waals surface area contributed by atoms with Crippen LogP contribution in [0.3, 0.4) is 0 Å². The second-order valence-corrected chi connectivity index (χ2v) is 7.07. The number of rotatable bonds is 6. The summed E-state index contributed by atoms with van der Waals surface area (Å²) in [7, 11) is 3.75. The maximum absolute atomic E-state index is 12.3. The van der Waals surface area contributed by atoms with Crippen molar-refractivity contribution in [1.82, 2.24) is 10.6 Å². The molecule has 0 bridgehead atoms. The minimum atomic E-state index is -0.715. The van der Waals surface area contributed by atoms with Gasteiger partial charge in [-0.2, -0.15) is 0 Å². The lowest BCUT2D eigenvalue weighted by Gasteiger charge is -2.34. The monoisotopic (exact) mass is 404 g/mol. The van der Waals surface area contributed by atoms with Gasteiger partial charge in [-0.3, -0.25) is 19.7 Å². The highest BCUT2D eigenvalue weighted by Crippen LogP contribution is 2.39. The quantitative estimate of drug-likeness (QED) is 0.554. The van der Waals surface area contributed by atoms with Crippen LogP contribution in [-0.2, 0) is 14.4 Å². The summed E-state index contributed by atoms with van der Waals surface area (Å²) in [6.07, 6.45) is 3.11. The van der Waals surface area contributed by atoms with Crippen molar-refractivity contribution in [1.29, 1.82) is 0 Å². The molecule has 1 atom stereocenters. The minimum Gasteiger partial charge on any atom is -0.488 e. The molecule has 1 aromatic carbocycles. The van der Waals surface area contributed by atoms with Gasteiger partial charge in [-0.05, 0) is 44.5 Å². The van der Waals surface area contributed by atoms with Crippen LogP contribution in [0.25, 0.3) is 0 Å². The number of carbonyl (C=O) groups is 3. The maximum Gasteiger partial charge on any atom is 0.249 e. The Balaban J connectivity index is 0.00000145. The van der Waals surface area contributed by atoms with Crippen molar-refractivity contribution in [2.45, 2.75) is 51.7 Å². The third kappa shape index (κ3) is 5.47. The molecule has 2 heterocycles. The standard InChI is InChI=1S/C19H26N4O4.C2H6/c1-22(2)18-14(23(12-24)15-6-7-17(25)21-19(15)26)4-3-5-16(18)27-13-8-10-20-11-9-13;1-2/h3-5,12-13,15,20H,6-11H2,1-2H3,(H,21,25,26);1-2H3. The van der Waals surface area contributed by atoms with Crippen LogP contribution >= 0.6 is 0 Å². The van der Waals surface area contributed by atoms with Gasteiger partial charge in [-0.1, -0.05) is 19.9 Å². The van der Waals surface area contributed by atoms with E-state index in [0.29, 0.717) is 24.3 Å². The van der Waals surface area contributed by atoms with Crippen LogP contribution in [0.5, 0.6) is 5.75 Å². The van der Waals surface area contributed by atoms with Gasteiger partial charge in [0.05, 0.1) is 5.69 Å². The Hall–Kier alpha value is -2.61. The average molecular weight is 405 g/mol. The zero-order valence-electron chi connectivity index (χ0n) is 17.7. The van der Waals surface area contributed by atoms with Crippen molar-refractivity contribution in [3.8, 4) is 5.75 Å². The molecule has 29 heavy (non-hydrogen) atoms. The van der Waals surface area contributed by atoms with Gasteiger partial charge in [-0.25, -0.2) is 0 Å². The number of nitrogens with one attached hydrogen (secondary N) is 2. The smallest absolute Gasteiger partial charge is 0.249 e. The Kier molecular flexibility index (Phi) is 8.45. The zero-order chi connectivity index (χ0) is 21.4. The summed E-state index contributed by atoms with van der Waals surface area (Å²) < 4.78 is 6.24. The second kappa shape index (κ2) is 10.8. The number of ether oxygens (including phenoxy) is 1. The summed E-state index contributed by atoms with van der Waals surface area (Å²) in [4.78, 5) is 38.9. The van der Waals surface area contributed by atoms with Crippen molar-refractivity contribution in [3.05, 3.63) is 18.2 Å². The predicted molar refractivity (Wildman–Crippen MR) is 113 cm³/mol. The molecule has 3 amide bonds. The molecule has 8 nitrogen and oxygen atoms in total. The van der Waals surface area contributed by atoms with Gasteiger partial charge in [-0.15, -0.1) is 0 Å². The SMILES string of the molecule is CC.CN(C)c1c(OC2CCNCC2)cccc1N(C=O)C1CCC(=O)NC1=O. The molecular formula is C21H32N4O4. The Morgan fingerprint density at radius 3 is 2.38 bits per heavy atom. The van der Waals surface area contributed by atoms with Crippen molar-refractivity contribution in [2.24, 2.45) is 0 Å². The molecule has 0 spiro atoms. The first-order chi connectivity index (χ1) is 14.0. The number of imide groups is 1. The third-order valence-corrected chi connectivity index (χ3v) is 4.94. The molecular weight excluding hydrogens is 372 g/mol. The summed E-state index contributed by atoms with van der Waals surface area (Å²) in [5.74, 6) is -0.0748. The number of anilines is 2. The molecule has 8 heteroatoms. The van der Waals surface area contributed by atoms with Crippen LogP contribution in [0.15, 0.2) is 18.2 Å². The van der Waals surface area contributed by atoms with E-state index in [9.17, 15) is 14.4 Å². The number of benzene rings is 1. The van der Waals surface area contributed by atoms with Crippen LogP contribution in [0, 0.1) is 0 Å². The van der Waals surface area contributed by atoms with Crippen LogP contribution in [0.1, 0.15) is 39.5 Å². The average Bonchev–Trinajstić information content (AvgIpc) is 2.72. The minimum absolute atomic E-state index is 0.112. The van der Waals surface area contributed by atoms with Crippen LogP contribution in [0.2, 0.25) is 0 Å². The molecule has 3 rings (SSSR count). The number of hydrogen-bond acceptors (Lipinski definition) is 6. The van der Waals surface area contributed by atoms with Gasteiger partial charge in [0, 0.05) is 20.5 Å². The Labute approximate surface area is 172 Å². The normalized spacial score (nSPS) is 19.5. The lowest BCUT2D eigenvalue weighted by Crippen LogP contribution is -2.52. The zero-order valence-corrected chi connectivity index (χ0v) is 17.7. The van der Waals surface area contributed by atoms with Crippen molar-refractivity contribution in [2.75, 3.05) is 37.0 Å². The van der Waals surface area contributed by atoms with E-state index in [4.69, 9.17) is 4.74 Å².